The number of nitrogens with zero attached hydrogens (tertiary/aromatic N) is 2. The first-order chi connectivity index (χ1) is 8.35. The highest BCUT2D eigenvalue weighted by molar-refractivity contribution is 7.11. The molecule has 2 fully saturated rings. The van der Waals surface area contributed by atoms with Crippen molar-refractivity contribution >= 4 is 22.9 Å². The van der Waals surface area contributed by atoms with E-state index < -0.39 is 0 Å². The van der Waals surface area contributed by atoms with E-state index in [1.807, 2.05) is 0 Å². The summed E-state index contributed by atoms with van der Waals surface area (Å²) in [5.74, 6) is 3.66. The van der Waals surface area contributed by atoms with Gasteiger partial charge in [-0.15, -0.1) is 33.1 Å². The summed E-state index contributed by atoms with van der Waals surface area (Å²) >= 11 is 7.50. The van der Waals surface area contributed by atoms with Crippen molar-refractivity contribution in [1.82, 2.24) is 10.2 Å². The Morgan fingerprint density at radius 1 is 1.18 bits per heavy atom. The van der Waals surface area contributed by atoms with E-state index in [0.717, 1.165) is 36.5 Å². The van der Waals surface area contributed by atoms with Crippen LogP contribution in [0.4, 0.5) is 0 Å². The van der Waals surface area contributed by atoms with Gasteiger partial charge in [-0.25, -0.2) is 0 Å². The Morgan fingerprint density at radius 2 is 2.06 bits per heavy atom. The van der Waals surface area contributed by atoms with Crippen molar-refractivity contribution in [2.75, 3.05) is 5.88 Å². The summed E-state index contributed by atoms with van der Waals surface area (Å²) in [4.78, 5) is 0. The number of alkyl halides is 1. The average Bonchev–Trinajstić information content (AvgIpc) is 3.02. The van der Waals surface area contributed by atoms with Gasteiger partial charge in [0.25, 0.3) is 0 Å². The van der Waals surface area contributed by atoms with Crippen LogP contribution in [0.3, 0.4) is 0 Å². The molecule has 0 aliphatic heterocycles. The topological polar surface area (TPSA) is 25.8 Å². The fourth-order valence-corrected chi connectivity index (χ4v) is 4.65. The first-order valence-electron chi connectivity index (χ1n) is 6.72. The van der Waals surface area contributed by atoms with Crippen LogP contribution in [-0.2, 0) is 12.8 Å². The Kier molecular flexibility index (Phi) is 3.67. The molecule has 0 amide bonds. The van der Waals surface area contributed by atoms with Crippen molar-refractivity contribution in [2.24, 2.45) is 17.8 Å². The summed E-state index contributed by atoms with van der Waals surface area (Å²) < 4.78 is 0. The lowest BCUT2D eigenvalue weighted by atomic mass is 9.87. The van der Waals surface area contributed by atoms with Gasteiger partial charge in [-0.05, 0) is 43.4 Å². The van der Waals surface area contributed by atoms with Crippen molar-refractivity contribution in [3.63, 3.8) is 0 Å². The molecule has 2 saturated carbocycles. The number of rotatable bonds is 5. The minimum absolute atomic E-state index is 0.724. The van der Waals surface area contributed by atoms with Gasteiger partial charge in [0.2, 0.25) is 0 Å². The first kappa shape index (κ1) is 11.9. The lowest BCUT2D eigenvalue weighted by Crippen LogP contribution is -2.12. The van der Waals surface area contributed by atoms with Crippen LogP contribution in [0, 0.1) is 17.8 Å². The Balaban J connectivity index is 1.56. The van der Waals surface area contributed by atoms with Crippen LogP contribution in [0.15, 0.2) is 0 Å². The molecule has 1 aromatic rings. The third kappa shape index (κ3) is 2.65. The molecule has 3 atom stereocenters. The van der Waals surface area contributed by atoms with Crippen LogP contribution in [0.2, 0.25) is 0 Å². The van der Waals surface area contributed by atoms with Gasteiger partial charge in [0.05, 0.1) is 0 Å². The highest BCUT2D eigenvalue weighted by Gasteiger charge is 2.39. The number of fused-ring (bicyclic) bond motifs is 2. The maximum atomic E-state index is 5.69. The zero-order valence-corrected chi connectivity index (χ0v) is 11.6. The molecular formula is C13H19ClN2S. The number of aromatic nitrogens is 2. The average molecular weight is 271 g/mol. The molecule has 0 spiro atoms. The van der Waals surface area contributed by atoms with Crippen molar-refractivity contribution < 1.29 is 0 Å². The van der Waals surface area contributed by atoms with Crippen LogP contribution < -0.4 is 0 Å². The molecule has 3 unspecified atom stereocenters. The molecule has 17 heavy (non-hydrogen) atoms. The first-order valence-corrected chi connectivity index (χ1v) is 8.07. The van der Waals surface area contributed by atoms with E-state index in [2.05, 4.69) is 10.2 Å². The predicted molar refractivity (Wildman–Crippen MR) is 71.6 cm³/mol. The second-order valence-corrected chi connectivity index (χ2v) is 7.05. The lowest BCUT2D eigenvalue weighted by molar-refractivity contribution is 0.331. The molecule has 94 valence electrons. The third-order valence-corrected chi connectivity index (χ3v) is 5.63. The Bertz CT molecular complexity index is 379. The summed E-state index contributed by atoms with van der Waals surface area (Å²) in [5, 5.41) is 11.0. The zero-order valence-electron chi connectivity index (χ0n) is 10.1. The predicted octanol–water partition coefficient (Wildman–Crippen LogP) is 3.69. The monoisotopic (exact) mass is 270 g/mol. The summed E-state index contributed by atoms with van der Waals surface area (Å²) in [7, 11) is 0. The van der Waals surface area contributed by atoms with E-state index >= 15 is 0 Å². The molecule has 1 aromatic heterocycles. The Labute approximate surface area is 112 Å². The minimum atomic E-state index is 0.724. The number of hydrogen-bond acceptors (Lipinski definition) is 3. The summed E-state index contributed by atoms with van der Waals surface area (Å²) in [6.45, 7) is 0. The van der Waals surface area contributed by atoms with Gasteiger partial charge < -0.3 is 0 Å². The molecule has 0 N–H and O–H groups in total. The molecule has 0 aromatic carbocycles. The van der Waals surface area contributed by atoms with Gasteiger partial charge in [-0.2, -0.15) is 0 Å². The van der Waals surface area contributed by atoms with E-state index in [-0.39, 0.29) is 0 Å². The van der Waals surface area contributed by atoms with E-state index in [0.29, 0.717) is 0 Å². The van der Waals surface area contributed by atoms with Crippen LogP contribution in [0.5, 0.6) is 0 Å². The van der Waals surface area contributed by atoms with Crippen LogP contribution in [0.1, 0.15) is 42.1 Å². The number of halogens is 1. The van der Waals surface area contributed by atoms with Gasteiger partial charge in [-0.3, -0.25) is 0 Å². The second-order valence-electron chi connectivity index (χ2n) is 5.52. The van der Waals surface area contributed by atoms with Crippen LogP contribution in [-0.4, -0.2) is 16.1 Å². The Morgan fingerprint density at radius 3 is 2.76 bits per heavy atom. The van der Waals surface area contributed by atoms with Crippen LogP contribution in [0.25, 0.3) is 0 Å². The molecule has 1 heterocycles. The summed E-state index contributed by atoms with van der Waals surface area (Å²) in [6, 6.07) is 0. The van der Waals surface area contributed by atoms with E-state index in [9.17, 15) is 0 Å². The second kappa shape index (κ2) is 5.23. The molecule has 2 aliphatic carbocycles. The van der Waals surface area contributed by atoms with Crippen molar-refractivity contribution in [3.8, 4) is 0 Å². The Hall–Kier alpha value is -0.150. The third-order valence-electron chi connectivity index (χ3n) is 4.35. The fourth-order valence-electron chi connectivity index (χ4n) is 3.54. The normalized spacial score (nSPS) is 31.2. The highest BCUT2D eigenvalue weighted by atomic mass is 35.5. The molecule has 3 rings (SSSR count). The van der Waals surface area contributed by atoms with Crippen molar-refractivity contribution in [3.05, 3.63) is 10.0 Å². The maximum absolute atomic E-state index is 5.69. The molecule has 2 aliphatic rings. The maximum Gasteiger partial charge on any atom is 0.117 e. The summed E-state index contributed by atoms with van der Waals surface area (Å²) in [5.41, 5.74) is 0. The summed E-state index contributed by atoms with van der Waals surface area (Å²) in [6.07, 6.45) is 9.08. The number of aryl methyl sites for hydroxylation is 1. The van der Waals surface area contributed by atoms with Gasteiger partial charge >= 0.3 is 0 Å². The van der Waals surface area contributed by atoms with E-state index in [4.69, 9.17) is 11.6 Å². The van der Waals surface area contributed by atoms with Gasteiger partial charge in [0.1, 0.15) is 10.0 Å². The van der Waals surface area contributed by atoms with Gasteiger partial charge in [0, 0.05) is 18.7 Å². The standard InChI is InChI=1S/C13H19ClN2S/c14-5-1-2-12-15-16-13(17-12)8-11-7-9-3-4-10(11)6-9/h9-11H,1-8H2. The molecule has 2 nitrogen and oxygen atoms in total. The van der Waals surface area contributed by atoms with E-state index in [1.165, 1.54) is 42.1 Å². The molecular weight excluding hydrogens is 252 g/mol. The van der Waals surface area contributed by atoms with Crippen molar-refractivity contribution in [2.45, 2.75) is 44.9 Å². The molecule has 0 radical (unpaired) electrons. The fraction of sp³-hybridized carbons (Fsp3) is 0.846. The largest absolute Gasteiger partial charge is 0.144 e. The smallest absolute Gasteiger partial charge is 0.117 e. The van der Waals surface area contributed by atoms with Gasteiger partial charge in [-0.1, -0.05) is 6.42 Å². The lowest BCUT2D eigenvalue weighted by Gasteiger charge is -2.19. The van der Waals surface area contributed by atoms with Crippen LogP contribution >= 0.6 is 22.9 Å². The quantitative estimate of drug-likeness (QED) is 0.763. The minimum Gasteiger partial charge on any atom is -0.144 e. The zero-order chi connectivity index (χ0) is 11.7. The molecule has 4 heteroatoms. The number of hydrogen-bond donors (Lipinski definition) is 0. The van der Waals surface area contributed by atoms with Gasteiger partial charge in [0.15, 0.2) is 0 Å². The van der Waals surface area contributed by atoms with Crippen molar-refractivity contribution in [1.29, 1.82) is 0 Å². The SMILES string of the molecule is ClCCCc1nnc(CC2CC3CCC2C3)s1. The highest BCUT2D eigenvalue weighted by Crippen LogP contribution is 2.49. The molecule has 2 bridgehead atoms. The molecule has 0 saturated heterocycles. The van der Waals surface area contributed by atoms with E-state index in [1.54, 1.807) is 11.3 Å².